The Morgan fingerprint density at radius 1 is 1.09 bits per heavy atom. The Hall–Kier alpha value is -3.53. The maximum absolute atomic E-state index is 13.2. The fraction of sp³-hybridized carbons (Fsp3) is 0.458. The highest BCUT2D eigenvalue weighted by molar-refractivity contribution is 6.25. The van der Waals surface area contributed by atoms with Gasteiger partial charge in [0.15, 0.2) is 0 Å². The van der Waals surface area contributed by atoms with E-state index in [1.807, 2.05) is 10.9 Å². The van der Waals surface area contributed by atoms with Crippen LogP contribution in [0, 0.1) is 5.92 Å². The molecule has 178 valence electrons. The molecule has 2 aromatic rings. The molecule has 2 N–H and O–H groups in total. The topological polar surface area (TPSA) is 123 Å². The third-order valence-corrected chi connectivity index (χ3v) is 6.75. The molecule has 1 aromatic carbocycles. The van der Waals surface area contributed by atoms with E-state index < -0.39 is 29.7 Å². The molecule has 10 heteroatoms. The molecule has 5 rings (SSSR count). The summed E-state index contributed by atoms with van der Waals surface area (Å²) in [5, 5.41) is 9.91. The van der Waals surface area contributed by atoms with Gasteiger partial charge >= 0.3 is 0 Å². The lowest BCUT2D eigenvalue weighted by Gasteiger charge is -2.27. The van der Waals surface area contributed by atoms with Gasteiger partial charge in [-0.25, -0.2) is 0 Å². The van der Waals surface area contributed by atoms with Crippen molar-refractivity contribution in [1.29, 1.82) is 0 Å². The first-order valence-electron chi connectivity index (χ1n) is 11.7. The van der Waals surface area contributed by atoms with Crippen LogP contribution in [0.5, 0.6) is 0 Å². The van der Waals surface area contributed by atoms with Crippen molar-refractivity contribution < 1.29 is 23.9 Å². The van der Waals surface area contributed by atoms with Gasteiger partial charge in [0.05, 0.1) is 17.3 Å². The molecule has 3 aliphatic heterocycles. The number of aryl methyl sites for hydroxylation is 1. The number of hydrogen-bond donors (Lipinski definition) is 2. The number of nitrogens with one attached hydrogen (secondary N) is 2. The Morgan fingerprint density at radius 2 is 1.91 bits per heavy atom. The lowest BCUT2D eigenvalue weighted by Crippen LogP contribution is -2.54. The van der Waals surface area contributed by atoms with Crippen LogP contribution in [0.15, 0.2) is 30.6 Å². The van der Waals surface area contributed by atoms with Gasteiger partial charge in [-0.15, -0.1) is 0 Å². The van der Waals surface area contributed by atoms with Crippen LogP contribution >= 0.6 is 0 Å². The number of rotatable bonds is 7. The Morgan fingerprint density at radius 3 is 2.71 bits per heavy atom. The average molecular weight is 466 g/mol. The summed E-state index contributed by atoms with van der Waals surface area (Å²) in [6.45, 7) is 2.96. The minimum absolute atomic E-state index is 0.0907. The van der Waals surface area contributed by atoms with Crippen LogP contribution in [0.3, 0.4) is 0 Å². The van der Waals surface area contributed by atoms with Gasteiger partial charge in [0.1, 0.15) is 6.04 Å². The van der Waals surface area contributed by atoms with Crippen molar-refractivity contribution in [1.82, 2.24) is 20.0 Å². The predicted octanol–water partition coefficient (Wildman–Crippen LogP) is 1.71. The maximum Gasteiger partial charge on any atom is 0.264 e. The minimum atomic E-state index is -0.980. The van der Waals surface area contributed by atoms with E-state index in [1.165, 1.54) is 0 Å². The summed E-state index contributed by atoms with van der Waals surface area (Å²) in [5.74, 6) is -1.38. The highest BCUT2D eigenvalue weighted by atomic mass is 16.5. The first-order valence-corrected chi connectivity index (χ1v) is 11.7. The quantitative estimate of drug-likeness (QED) is 0.597. The Balaban J connectivity index is 1.25. The van der Waals surface area contributed by atoms with Crippen molar-refractivity contribution in [2.45, 2.75) is 51.2 Å². The number of amides is 4. The largest absolute Gasteiger partial charge is 0.381 e. The second kappa shape index (κ2) is 9.38. The van der Waals surface area contributed by atoms with Crippen molar-refractivity contribution in [3.63, 3.8) is 0 Å². The number of piperidine rings is 1. The van der Waals surface area contributed by atoms with E-state index in [9.17, 15) is 19.2 Å². The van der Waals surface area contributed by atoms with Crippen molar-refractivity contribution in [3.8, 4) is 0 Å². The molecule has 2 fully saturated rings. The number of benzene rings is 1. The summed E-state index contributed by atoms with van der Waals surface area (Å²) in [6.07, 6.45) is 7.26. The molecule has 0 spiro atoms. The summed E-state index contributed by atoms with van der Waals surface area (Å²) >= 11 is 0. The summed E-state index contributed by atoms with van der Waals surface area (Å²) in [4.78, 5) is 50.9. The Labute approximate surface area is 196 Å². The molecule has 1 atom stereocenters. The lowest BCUT2D eigenvalue weighted by molar-refractivity contribution is -0.136. The highest BCUT2D eigenvalue weighted by Gasteiger charge is 2.45. The first-order chi connectivity index (χ1) is 16.5. The van der Waals surface area contributed by atoms with Crippen LogP contribution in [0.1, 0.15) is 58.4 Å². The zero-order valence-corrected chi connectivity index (χ0v) is 18.8. The second-order valence-corrected chi connectivity index (χ2v) is 8.98. The molecular formula is C24H27N5O5. The lowest BCUT2D eigenvalue weighted by atomic mass is 9.97. The molecule has 0 bridgehead atoms. The van der Waals surface area contributed by atoms with Crippen LogP contribution in [-0.4, -0.2) is 57.6 Å². The van der Waals surface area contributed by atoms with Crippen LogP contribution in [0.2, 0.25) is 0 Å². The van der Waals surface area contributed by atoms with E-state index in [2.05, 4.69) is 15.7 Å². The number of aromatic nitrogens is 2. The molecule has 0 saturated carbocycles. The summed E-state index contributed by atoms with van der Waals surface area (Å²) in [7, 11) is 0. The van der Waals surface area contributed by atoms with E-state index in [0.29, 0.717) is 18.2 Å². The van der Waals surface area contributed by atoms with Gasteiger partial charge in [0, 0.05) is 50.2 Å². The monoisotopic (exact) mass is 465 g/mol. The molecule has 1 aromatic heterocycles. The average Bonchev–Trinajstić information content (AvgIpc) is 3.40. The first kappa shape index (κ1) is 22.3. The van der Waals surface area contributed by atoms with Crippen molar-refractivity contribution in [2.75, 3.05) is 18.5 Å². The zero-order valence-electron chi connectivity index (χ0n) is 18.8. The minimum Gasteiger partial charge on any atom is -0.381 e. The number of ether oxygens (including phenoxy) is 1. The molecule has 3 aliphatic rings. The second-order valence-electron chi connectivity index (χ2n) is 8.98. The summed E-state index contributed by atoms with van der Waals surface area (Å²) in [6, 6.07) is 4.05. The standard InChI is InChI=1S/C24H27N5O5/c30-20-5-4-19(22(31)27-20)29-23(32)17-2-1-3-18(21(17)24(29)33)25-12-16-13-26-28(14-16)9-6-15-7-10-34-11-8-15/h1-3,13-15,19,25H,4-12H2,(H,27,30,31). The molecular weight excluding hydrogens is 438 g/mol. The van der Waals surface area contributed by atoms with Crippen molar-refractivity contribution in [3.05, 3.63) is 47.3 Å². The van der Waals surface area contributed by atoms with Gasteiger partial charge in [0.25, 0.3) is 11.8 Å². The van der Waals surface area contributed by atoms with Gasteiger partial charge in [-0.05, 0) is 43.7 Å². The molecule has 4 amide bonds. The zero-order chi connectivity index (χ0) is 23.7. The van der Waals surface area contributed by atoms with E-state index in [0.717, 1.165) is 49.5 Å². The SMILES string of the molecule is O=C1CCC(N2C(=O)c3cccc(NCc4cnn(CCC5CCOCC5)c4)c3C2=O)C(=O)N1. The van der Waals surface area contributed by atoms with Crippen molar-refractivity contribution in [2.24, 2.45) is 5.92 Å². The molecule has 2 saturated heterocycles. The number of imide groups is 2. The summed E-state index contributed by atoms with van der Waals surface area (Å²) in [5.41, 5.74) is 2.00. The molecule has 34 heavy (non-hydrogen) atoms. The van der Waals surface area contributed by atoms with Crippen LogP contribution in [0.4, 0.5) is 5.69 Å². The number of carbonyl (C=O) groups excluding carboxylic acids is 4. The van der Waals surface area contributed by atoms with E-state index in [4.69, 9.17) is 4.74 Å². The normalized spacial score (nSPS) is 21.1. The van der Waals surface area contributed by atoms with Gasteiger partial charge in [-0.3, -0.25) is 34.1 Å². The summed E-state index contributed by atoms with van der Waals surface area (Å²) < 4.78 is 7.35. The maximum atomic E-state index is 13.2. The number of anilines is 1. The van der Waals surface area contributed by atoms with Crippen LogP contribution in [0.25, 0.3) is 0 Å². The van der Waals surface area contributed by atoms with E-state index in [1.54, 1.807) is 24.4 Å². The third kappa shape index (κ3) is 4.33. The fourth-order valence-corrected chi connectivity index (χ4v) is 4.83. The Kier molecular flexibility index (Phi) is 6.14. The Bertz CT molecular complexity index is 1140. The molecule has 1 unspecified atom stereocenters. The van der Waals surface area contributed by atoms with Crippen LogP contribution in [-0.2, 0) is 27.4 Å². The highest BCUT2D eigenvalue weighted by Crippen LogP contribution is 2.32. The number of fused-ring (bicyclic) bond motifs is 1. The number of carbonyl (C=O) groups is 4. The van der Waals surface area contributed by atoms with Crippen LogP contribution < -0.4 is 10.6 Å². The van der Waals surface area contributed by atoms with Gasteiger partial charge in [0.2, 0.25) is 11.8 Å². The predicted molar refractivity (Wildman–Crippen MR) is 121 cm³/mol. The molecule has 0 aliphatic carbocycles. The van der Waals surface area contributed by atoms with Gasteiger partial charge < -0.3 is 10.1 Å². The fourth-order valence-electron chi connectivity index (χ4n) is 4.83. The molecule has 10 nitrogen and oxygen atoms in total. The molecule has 4 heterocycles. The smallest absolute Gasteiger partial charge is 0.264 e. The van der Waals surface area contributed by atoms with E-state index >= 15 is 0 Å². The third-order valence-electron chi connectivity index (χ3n) is 6.75. The van der Waals surface area contributed by atoms with E-state index in [-0.39, 0.29) is 24.0 Å². The number of hydrogen-bond acceptors (Lipinski definition) is 7. The number of nitrogens with zero attached hydrogens (tertiary/aromatic N) is 3. The van der Waals surface area contributed by atoms with Crippen molar-refractivity contribution >= 4 is 29.3 Å². The van der Waals surface area contributed by atoms with Gasteiger partial charge in [-0.2, -0.15) is 5.10 Å². The molecule has 0 radical (unpaired) electrons. The van der Waals surface area contributed by atoms with Gasteiger partial charge in [-0.1, -0.05) is 6.07 Å².